The van der Waals surface area contributed by atoms with Crippen LogP contribution in [0.1, 0.15) is 13.3 Å². The summed E-state index contributed by atoms with van der Waals surface area (Å²) >= 11 is 5.28. The number of carbonyl (C=O) groups excluding carboxylic acids is 3. The topological polar surface area (TPSA) is 91.0 Å². The fourth-order valence-electron chi connectivity index (χ4n) is 2.64. The number of amides is 3. The zero-order valence-corrected chi connectivity index (χ0v) is 15.8. The molecular formula is C17H22N4O4S. The molecule has 1 saturated heterocycles. The smallest absolute Gasteiger partial charge is 0.251 e. The first kappa shape index (κ1) is 19.6. The van der Waals surface area contributed by atoms with E-state index in [1.54, 1.807) is 43.3 Å². The number of methoxy groups -OCH3 is 1. The molecule has 1 fully saturated rings. The highest BCUT2D eigenvalue weighted by Crippen LogP contribution is 2.20. The summed E-state index contributed by atoms with van der Waals surface area (Å²) in [6.45, 7) is 2.11. The number of ether oxygens (including phenoxy) is 1. The number of nitrogens with one attached hydrogen (secondary N) is 2. The molecule has 1 aromatic carbocycles. The molecule has 2 N–H and O–H groups in total. The van der Waals surface area contributed by atoms with Gasteiger partial charge in [-0.05, 0) is 36.5 Å². The lowest BCUT2D eigenvalue weighted by molar-refractivity contribution is -0.130. The number of likely N-dealkylation sites (N-methyl/N-ethyl adjacent to an activating group) is 1. The zero-order chi connectivity index (χ0) is 19.3. The van der Waals surface area contributed by atoms with Gasteiger partial charge in [-0.15, -0.1) is 0 Å². The Bertz CT molecular complexity index is 707. The average molecular weight is 378 g/mol. The van der Waals surface area contributed by atoms with Crippen molar-refractivity contribution in [3.8, 4) is 5.75 Å². The van der Waals surface area contributed by atoms with Gasteiger partial charge in [0, 0.05) is 32.7 Å². The lowest BCUT2D eigenvalue weighted by Gasteiger charge is -2.23. The van der Waals surface area contributed by atoms with Crippen LogP contribution in [0.2, 0.25) is 0 Å². The summed E-state index contributed by atoms with van der Waals surface area (Å²) in [6.07, 6.45) is -0.0323. The Morgan fingerprint density at radius 2 is 1.92 bits per heavy atom. The Morgan fingerprint density at radius 3 is 2.50 bits per heavy atom. The van der Waals surface area contributed by atoms with Gasteiger partial charge in [-0.2, -0.15) is 0 Å². The SMILES string of the molecule is COc1ccc(NC(=O)C[C@@H]2C(=O)N(C)C(=S)N2CCNC(C)=O)cc1. The number of thiocarbonyl (C=S) groups is 1. The van der Waals surface area contributed by atoms with Gasteiger partial charge >= 0.3 is 0 Å². The molecule has 0 aromatic heterocycles. The van der Waals surface area contributed by atoms with Gasteiger partial charge < -0.3 is 20.3 Å². The van der Waals surface area contributed by atoms with E-state index in [2.05, 4.69) is 10.6 Å². The minimum Gasteiger partial charge on any atom is -0.497 e. The van der Waals surface area contributed by atoms with Crippen molar-refractivity contribution < 1.29 is 19.1 Å². The van der Waals surface area contributed by atoms with Crippen LogP contribution in [-0.2, 0) is 14.4 Å². The van der Waals surface area contributed by atoms with E-state index in [0.717, 1.165) is 0 Å². The molecule has 3 amide bonds. The lowest BCUT2D eigenvalue weighted by Crippen LogP contribution is -2.42. The molecule has 0 bridgehead atoms. The van der Waals surface area contributed by atoms with Gasteiger partial charge in [0.15, 0.2) is 5.11 Å². The Balaban J connectivity index is 2.00. The highest BCUT2D eigenvalue weighted by Gasteiger charge is 2.41. The summed E-state index contributed by atoms with van der Waals surface area (Å²) in [5.74, 6) is -0.00691. The summed E-state index contributed by atoms with van der Waals surface area (Å²) in [4.78, 5) is 38.8. The highest BCUT2D eigenvalue weighted by molar-refractivity contribution is 7.80. The van der Waals surface area contributed by atoms with Gasteiger partial charge in [0.1, 0.15) is 11.8 Å². The predicted molar refractivity (Wildman–Crippen MR) is 101 cm³/mol. The van der Waals surface area contributed by atoms with Crippen LogP contribution >= 0.6 is 12.2 Å². The van der Waals surface area contributed by atoms with Crippen LogP contribution in [0.4, 0.5) is 5.69 Å². The fourth-order valence-corrected chi connectivity index (χ4v) is 2.95. The first-order chi connectivity index (χ1) is 12.3. The molecule has 1 aliphatic heterocycles. The van der Waals surface area contributed by atoms with Gasteiger partial charge in [0.05, 0.1) is 13.5 Å². The van der Waals surface area contributed by atoms with Crippen LogP contribution in [0.25, 0.3) is 0 Å². The van der Waals surface area contributed by atoms with Gasteiger partial charge in [-0.1, -0.05) is 0 Å². The van der Waals surface area contributed by atoms with Crippen LogP contribution in [-0.4, -0.2) is 65.9 Å². The predicted octanol–water partition coefficient (Wildman–Crippen LogP) is 0.587. The second-order valence-electron chi connectivity index (χ2n) is 5.85. The molecule has 0 spiro atoms. The van der Waals surface area contributed by atoms with Crippen LogP contribution < -0.4 is 15.4 Å². The maximum absolute atomic E-state index is 12.4. The van der Waals surface area contributed by atoms with Gasteiger partial charge in [0.25, 0.3) is 5.91 Å². The van der Waals surface area contributed by atoms with E-state index in [4.69, 9.17) is 17.0 Å². The van der Waals surface area contributed by atoms with Gasteiger partial charge in [-0.3, -0.25) is 19.3 Å². The third kappa shape index (κ3) is 4.69. The van der Waals surface area contributed by atoms with Crippen molar-refractivity contribution in [1.29, 1.82) is 0 Å². The van der Waals surface area contributed by atoms with E-state index in [9.17, 15) is 14.4 Å². The van der Waals surface area contributed by atoms with E-state index in [0.29, 0.717) is 29.6 Å². The lowest BCUT2D eigenvalue weighted by atomic mass is 10.1. The standard InChI is InChI=1S/C17H22N4O4S/c1-11(22)18-8-9-21-14(16(24)20(2)17(21)26)10-15(23)19-12-4-6-13(25-3)7-5-12/h4-7,14H,8-10H2,1-3H3,(H,18,22)(H,19,23)/t14-/m1/s1. The Hall–Kier alpha value is -2.68. The van der Waals surface area contributed by atoms with Crippen molar-refractivity contribution in [3.63, 3.8) is 0 Å². The van der Waals surface area contributed by atoms with Crippen LogP contribution in [0, 0.1) is 0 Å². The van der Waals surface area contributed by atoms with E-state index in [1.807, 2.05) is 0 Å². The number of hydrogen-bond acceptors (Lipinski definition) is 5. The summed E-state index contributed by atoms with van der Waals surface area (Å²) < 4.78 is 5.07. The third-order valence-corrected chi connectivity index (χ3v) is 4.51. The Kier molecular flexibility index (Phi) is 6.51. The van der Waals surface area contributed by atoms with Crippen molar-refractivity contribution in [2.24, 2.45) is 0 Å². The molecule has 1 atom stereocenters. The average Bonchev–Trinajstić information content (AvgIpc) is 2.80. The molecule has 1 aliphatic rings. The molecule has 0 radical (unpaired) electrons. The van der Waals surface area contributed by atoms with Crippen molar-refractivity contribution in [2.75, 3.05) is 32.6 Å². The normalized spacial score (nSPS) is 16.7. The first-order valence-corrected chi connectivity index (χ1v) is 8.50. The van der Waals surface area contributed by atoms with Gasteiger partial charge in [0.2, 0.25) is 11.8 Å². The molecule has 9 heteroatoms. The van der Waals surface area contributed by atoms with Crippen molar-refractivity contribution in [3.05, 3.63) is 24.3 Å². The number of hydrogen-bond donors (Lipinski definition) is 2. The Labute approximate surface area is 157 Å². The van der Waals surface area contributed by atoms with E-state index in [1.165, 1.54) is 11.8 Å². The van der Waals surface area contributed by atoms with Crippen LogP contribution in [0.15, 0.2) is 24.3 Å². The van der Waals surface area contributed by atoms with Gasteiger partial charge in [-0.25, -0.2) is 0 Å². The van der Waals surface area contributed by atoms with Crippen molar-refractivity contribution in [2.45, 2.75) is 19.4 Å². The molecular weight excluding hydrogens is 356 g/mol. The van der Waals surface area contributed by atoms with Crippen LogP contribution in [0.5, 0.6) is 5.75 Å². The molecule has 0 aliphatic carbocycles. The second kappa shape index (κ2) is 8.61. The first-order valence-electron chi connectivity index (χ1n) is 8.10. The quantitative estimate of drug-likeness (QED) is 0.675. The molecule has 1 heterocycles. The van der Waals surface area contributed by atoms with E-state index < -0.39 is 6.04 Å². The second-order valence-corrected chi connectivity index (χ2v) is 6.22. The monoisotopic (exact) mass is 378 g/mol. The molecule has 1 aromatic rings. The molecule has 140 valence electrons. The number of anilines is 1. The number of benzene rings is 1. The number of carbonyl (C=O) groups is 3. The molecule has 26 heavy (non-hydrogen) atoms. The Morgan fingerprint density at radius 1 is 1.27 bits per heavy atom. The summed E-state index contributed by atoms with van der Waals surface area (Å²) in [7, 11) is 3.14. The zero-order valence-electron chi connectivity index (χ0n) is 14.9. The number of rotatable bonds is 7. The maximum Gasteiger partial charge on any atom is 0.251 e. The molecule has 2 rings (SSSR count). The molecule has 8 nitrogen and oxygen atoms in total. The maximum atomic E-state index is 12.4. The van der Waals surface area contributed by atoms with E-state index in [-0.39, 0.29) is 24.1 Å². The molecule has 0 unspecified atom stereocenters. The van der Waals surface area contributed by atoms with Crippen molar-refractivity contribution in [1.82, 2.24) is 15.1 Å². The third-order valence-electron chi connectivity index (χ3n) is 4.00. The minimum absolute atomic E-state index is 0.0323. The van der Waals surface area contributed by atoms with E-state index >= 15 is 0 Å². The largest absolute Gasteiger partial charge is 0.497 e. The fraction of sp³-hybridized carbons (Fsp3) is 0.412. The highest BCUT2D eigenvalue weighted by atomic mass is 32.1. The summed E-state index contributed by atoms with van der Waals surface area (Å²) in [5.41, 5.74) is 0.613. The van der Waals surface area contributed by atoms with Crippen molar-refractivity contribution >= 4 is 40.7 Å². The molecule has 0 saturated carbocycles. The van der Waals surface area contributed by atoms with Crippen LogP contribution in [0.3, 0.4) is 0 Å². The minimum atomic E-state index is -0.681. The summed E-state index contributed by atoms with van der Waals surface area (Å²) in [6, 6.07) is 6.23. The number of nitrogens with zero attached hydrogens (tertiary/aromatic N) is 2. The summed E-state index contributed by atoms with van der Waals surface area (Å²) in [5, 5.41) is 5.77.